The first kappa shape index (κ1) is 35.5. The molecule has 0 saturated carbocycles. The zero-order valence-electron chi connectivity index (χ0n) is 28.2. The molecule has 1 aliphatic rings. The minimum absolute atomic E-state index is 0.0707. The van der Waals surface area contributed by atoms with Crippen LogP contribution in [0.3, 0.4) is 0 Å². The number of aromatic nitrogens is 1. The molecule has 1 aliphatic heterocycles. The molecule has 0 aliphatic carbocycles. The lowest BCUT2D eigenvalue weighted by molar-refractivity contribution is -0.141. The van der Waals surface area contributed by atoms with Gasteiger partial charge in [0, 0.05) is 49.8 Å². The van der Waals surface area contributed by atoms with E-state index in [4.69, 9.17) is 9.84 Å². The molecule has 0 spiro atoms. The summed E-state index contributed by atoms with van der Waals surface area (Å²) in [6.45, 7) is 9.51. The highest BCUT2D eigenvalue weighted by Crippen LogP contribution is 2.36. The summed E-state index contributed by atoms with van der Waals surface area (Å²) in [7, 11) is 0. The van der Waals surface area contributed by atoms with E-state index in [-0.39, 0.29) is 24.8 Å². The zero-order valence-corrected chi connectivity index (χ0v) is 28.2. The molecule has 4 rings (SSSR count). The van der Waals surface area contributed by atoms with Crippen LogP contribution in [0.1, 0.15) is 71.4 Å². The average molecular weight is 648 g/mol. The maximum Gasteiger partial charge on any atom is 0.408 e. The third-order valence-corrected chi connectivity index (χ3v) is 8.64. The number of aromatic amines is 1. The number of nitrogens with one attached hydrogen (secondary N) is 4. The van der Waals surface area contributed by atoms with Crippen LogP contribution in [-0.2, 0) is 31.0 Å². The lowest BCUT2D eigenvalue weighted by Gasteiger charge is -2.42. The largest absolute Gasteiger partial charge is 0.444 e. The summed E-state index contributed by atoms with van der Waals surface area (Å²) in [5, 5.41) is 18.7. The highest BCUT2D eigenvalue weighted by atomic mass is 16.6. The van der Waals surface area contributed by atoms with Crippen LogP contribution in [0.15, 0.2) is 60.8 Å². The number of unbranched alkanes of at least 4 members (excludes halogenated alkanes) is 1. The van der Waals surface area contributed by atoms with E-state index in [0.29, 0.717) is 45.3 Å². The molecule has 0 radical (unpaired) electrons. The van der Waals surface area contributed by atoms with Crippen molar-refractivity contribution >= 4 is 34.7 Å². The van der Waals surface area contributed by atoms with Crippen LogP contribution in [0.2, 0.25) is 0 Å². The summed E-state index contributed by atoms with van der Waals surface area (Å²) in [6, 6.07) is 16.5. The van der Waals surface area contributed by atoms with Gasteiger partial charge in [-0.15, -0.1) is 0 Å². The molecule has 254 valence electrons. The number of likely N-dealkylation sites (tertiary alicyclic amines) is 1. The molecule has 0 bridgehead atoms. The van der Waals surface area contributed by atoms with Crippen molar-refractivity contribution in [1.82, 2.24) is 25.8 Å². The summed E-state index contributed by atoms with van der Waals surface area (Å²) in [6.07, 6.45) is 3.43. The monoisotopic (exact) mass is 647 g/mol. The number of hydrogen-bond acceptors (Lipinski definition) is 6. The van der Waals surface area contributed by atoms with E-state index >= 15 is 0 Å². The molecule has 1 atom stereocenters. The minimum atomic E-state index is -1.38. The smallest absolute Gasteiger partial charge is 0.408 e. The second-order valence-corrected chi connectivity index (χ2v) is 13.8. The number of aliphatic hydroxyl groups excluding tert-OH is 1. The first-order valence-corrected chi connectivity index (χ1v) is 16.4. The molecule has 3 aromatic rings. The Balaban J connectivity index is 1.55. The minimum Gasteiger partial charge on any atom is -0.444 e. The molecule has 11 heteroatoms. The summed E-state index contributed by atoms with van der Waals surface area (Å²) in [5.41, 5.74) is -0.251. The Kier molecular flexibility index (Phi) is 11.3. The van der Waals surface area contributed by atoms with Gasteiger partial charge in [0.2, 0.25) is 17.7 Å². The Morgan fingerprint density at radius 2 is 1.62 bits per heavy atom. The molecule has 5 N–H and O–H groups in total. The number of amides is 4. The Hall–Kier alpha value is -4.38. The van der Waals surface area contributed by atoms with Crippen LogP contribution in [0.4, 0.5) is 4.79 Å². The molecule has 4 amide bonds. The van der Waals surface area contributed by atoms with Gasteiger partial charge in [-0.2, -0.15) is 0 Å². The fourth-order valence-electron chi connectivity index (χ4n) is 6.02. The summed E-state index contributed by atoms with van der Waals surface area (Å²) in [4.78, 5) is 59.1. The van der Waals surface area contributed by atoms with E-state index in [9.17, 15) is 19.2 Å². The lowest BCUT2D eigenvalue weighted by Crippen LogP contribution is -2.61. The number of ether oxygens (including phenoxy) is 1. The Bertz CT molecular complexity index is 1540. The fraction of sp³-hybridized carbons (Fsp3) is 0.500. The second kappa shape index (κ2) is 15.0. The molecule has 2 aromatic carbocycles. The van der Waals surface area contributed by atoms with E-state index in [0.717, 1.165) is 22.0 Å². The third kappa shape index (κ3) is 8.91. The number of alkyl carbamates (subject to hydrolysis) is 1. The molecule has 1 unspecified atom stereocenters. The van der Waals surface area contributed by atoms with Crippen molar-refractivity contribution in [3.63, 3.8) is 0 Å². The topological polar surface area (TPSA) is 153 Å². The van der Waals surface area contributed by atoms with Gasteiger partial charge in [0.25, 0.3) is 0 Å². The molecule has 1 aromatic heterocycles. The summed E-state index contributed by atoms with van der Waals surface area (Å²) in [5.74, 6) is -0.881. The van der Waals surface area contributed by atoms with Crippen LogP contribution < -0.4 is 16.0 Å². The molecule has 11 nitrogen and oxygen atoms in total. The second-order valence-electron chi connectivity index (χ2n) is 13.8. The van der Waals surface area contributed by atoms with Crippen molar-refractivity contribution < 1.29 is 29.0 Å². The number of H-pyrrole nitrogens is 1. The standard InChI is InChI=1S/C36H49N5O6/c1-34(2,3)47-33(46)40-35(4,5)31(44)39-29(23-25-24-38-28-16-10-9-15-27(25)28)30(43)41-20-17-36(18-21-41,26-13-7-6-8-14-26)32(45)37-19-11-12-22-42/h6-10,13-16,24,29,38,42H,11-12,17-23H2,1-5H3,(H,37,45)(H,39,44)(H,40,46). The number of carbonyl (C=O) groups excluding carboxylic acids is 4. The first-order valence-electron chi connectivity index (χ1n) is 16.4. The normalized spacial score (nSPS) is 15.5. The van der Waals surface area contributed by atoms with Crippen LogP contribution in [0, 0.1) is 0 Å². The Morgan fingerprint density at radius 3 is 2.28 bits per heavy atom. The molecular weight excluding hydrogens is 598 g/mol. The number of benzene rings is 2. The number of rotatable bonds is 12. The maximum absolute atomic E-state index is 14.3. The van der Waals surface area contributed by atoms with Gasteiger partial charge in [-0.1, -0.05) is 48.5 Å². The van der Waals surface area contributed by atoms with E-state index in [1.165, 1.54) is 0 Å². The van der Waals surface area contributed by atoms with Gasteiger partial charge in [-0.05, 0) is 77.5 Å². The van der Waals surface area contributed by atoms with Crippen molar-refractivity contribution in [3.8, 4) is 0 Å². The van der Waals surface area contributed by atoms with Gasteiger partial charge in [-0.25, -0.2) is 4.79 Å². The van der Waals surface area contributed by atoms with Crippen molar-refractivity contribution in [2.45, 2.75) is 89.3 Å². The van der Waals surface area contributed by atoms with E-state index in [1.807, 2.05) is 60.8 Å². The lowest BCUT2D eigenvalue weighted by atomic mass is 9.71. The number of hydrogen-bond donors (Lipinski definition) is 5. The predicted octanol–water partition coefficient (Wildman–Crippen LogP) is 3.95. The first-order chi connectivity index (χ1) is 22.3. The highest BCUT2D eigenvalue weighted by molar-refractivity contribution is 5.95. The van der Waals surface area contributed by atoms with Gasteiger partial charge >= 0.3 is 6.09 Å². The van der Waals surface area contributed by atoms with E-state index in [1.54, 1.807) is 39.5 Å². The SMILES string of the molecule is CC(C)(C)OC(=O)NC(C)(C)C(=O)NC(Cc1c[nH]c2ccccc12)C(=O)N1CCC(C(=O)NCCCCO)(c2ccccc2)CC1. The quantitative estimate of drug-likeness (QED) is 0.188. The number of piperidine rings is 1. The summed E-state index contributed by atoms with van der Waals surface area (Å²) >= 11 is 0. The van der Waals surface area contributed by atoms with E-state index < -0.39 is 34.6 Å². The van der Waals surface area contributed by atoms with Crippen molar-refractivity contribution in [2.75, 3.05) is 26.2 Å². The van der Waals surface area contributed by atoms with Gasteiger partial charge in [-0.3, -0.25) is 14.4 Å². The Labute approximate surface area is 276 Å². The van der Waals surface area contributed by atoms with Gasteiger partial charge in [0.1, 0.15) is 17.2 Å². The fourth-order valence-corrected chi connectivity index (χ4v) is 6.02. The van der Waals surface area contributed by atoms with Gasteiger partial charge in [0.15, 0.2) is 0 Å². The van der Waals surface area contributed by atoms with Crippen molar-refractivity contribution in [3.05, 3.63) is 71.9 Å². The molecule has 2 heterocycles. The zero-order chi connectivity index (χ0) is 34.2. The maximum atomic E-state index is 14.3. The molecular formula is C36H49N5O6. The van der Waals surface area contributed by atoms with Crippen LogP contribution >= 0.6 is 0 Å². The number of para-hydroxylation sites is 1. The summed E-state index contributed by atoms with van der Waals surface area (Å²) < 4.78 is 5.36. The van der Waals surface area contributed by atoms with E-state index in [2.05, 4.69) is 20.9 Å². The number of carbonyl (C=O) groups is 4. The predicted molar refractivity (Wildman–Crippen MR) is 181 cm³/mol. The van der Waals surface area contributed by atoms with Crippen molar-refractivity contribution in [1.29, 1.82) is 0 Å². The van der Waals surface area contributed by atoms with Crippen LogP contribution in [0.5, 0.6) is 0 Å². The van der Waals surface area contributed by atoms with Crippen LogP contribution in [-0.4, -0.2) is 82.2 Å². The molecule has 1 fully saturated rings. The average Bonchev–Trinajstić information content (AvgIpc) is 3.44. The molecule has 47 heavy (non-hydrogen) atoms. The number of fused-ring (bicyclic) bond motifs is 1. The highest BCUT2D eigenvalue weighted by Gasteiger charge is 2.45. The molecule has 1 saturated heterocycles. The van der Waals surface area contributed by atoms with Crippen molar-refractivity contribution in [2.24, 2.45) is 0 Å². The Morgan fingerprint density at radius 1 is 0.957 bits per heavy atom. The van der Waals surface area contributed by atoms with Crippen LogP contribution in [0.25, 0.3) is 10.9 Å². The number of nitrogens with zero attached hydrogens (tertiary/aromatic N) is 1. The number of aliphatic hydroxyl groups is 1. The third-order valence-electron chi connectivity index (χ3n) is 8.64. The van der Waals surface area contributed by atoms with Gasteiger partial charge < -0.3 is 35.7 Å². The van der Waals surface area contributed by atoms with Gasteiger partial charge in [0.05, 0.1) is 5.41 Å².